The van der Waals surface area contributed by atoms with E-state index in [0.717, 1.165) is 30.0 Å². The Hall–Kier alpha value is -2.57. The first-order chi connectivity index (χ1) is 16.5. The Morgan fingerprint density at radius 1 is 1.20 bits per heavy atom. The van der Waals surface area contributed by atoms with Crippen LogP contribution < -0.4 is 10.6 Å². The topological polar surface area (TPSA) is 88.9 Å². The fourth-order valence-corrected chi connectivity index (χ4v) is 4.56. The van der Waals surface area contributed by atoms with Gasteiger partial charge in [-0.25, -0.2) is 0 Å². The monoisotopic (exact) mass is 589 g/mol. The van der Waals surface area contributed by atoms with Crippen LogP contribution in [0.4, 0.5) is 18.9 Å². The zero-order chi connectivity index (χ0) is 25.8. The second-order valence-electron chi connectivity index (χ2n) is 7.29. The summed E-state index contributed by atoms with van der Waals surface area (Å²) in [7, 11) is 0. The van der Waals surface area contributed by atoms with Crippen molar-refractivity contribution in [1.82, 2.24) is 20.1 Å². The lowest BCUT2D eigenvalue weighted by molar-refractivity contribution is -0.137. The first kappa shape index (κ1) is 27.0. The first-order valence-electron chi connectivity index (χ1n) is 10.3. The maximum Gasteiger partial charge on any atom is 0.416 e. The number of thioether (sulfide) groups is 1. The molecule has 35 heavy (non-hydrogen) atoms. The van der Waals surface area contributed by atoms with Crippen LogP contribution in [0.25, 0.3) is 0 Å². The summed E-state index contributed by atoms with van der Waals surface area (Å²) in [6.45, 7) is 4.10. The molecule has 2 aromatic carbocycles. The Balaban J connectivity index is 1.66. The highest BCUT2D eigenvalue weighted by atomic mass is 79.9. The van der Waals surface area contributed by atoms with Crippen molar-refractivity contribution in [3.05, 3.63) is 68.9 Å². The van der Waals surface area contributed by atoms with Crippen LogP contribution in [0.2, 0.25) is 5.02 Å². The molecule has 3 rings (SSSR count). The van der Waals surface area contributed by atoms with Crippen LogP contribution in [-0.4, -0.2) is 32.3 Å². The van der Waals surface area contributed by atoms with E-state index in [1.165, 1.54) is 0 Å². The summed E-state index contributed by atoms with van der Waals surface area (Å²) in [6.07, 6.45) is -4.56. The summed E-state index contributed by atoms with van der Waals surface area (Å²) < 4.78 is 41.2. The summed E-state index contributed by atoms with van der Waals surface area (Å²) in [5.74, 6) is -0.486. The van der Waals surface area contributed by atoms with E-state index in [9.17, 15) is 22.8 Å². The Bertz CT molecular complexity index is 1240. The van der Waals surface area contributed by atoms with E-state index in [0.29, 0.717) is 27.6 Å². The fourth-order valence-electron chi connectivity index (χ4n) is 3.12. The third-order valence-corrected chi connectivity index (χ3v) is 6.80. The van der Waals surface area contributed by atoms with Gasteiger partial charge in [0, 0.05) is 11.0 Å². The molecule has 2 amide bonds. The number of rotatable bonds is 8. The molecular formula is C22H20BrClF3N5O2S. The zero-order valence-electron chi connectivity index (χ0n) is 18.5. The molecule has 2 N–H and O–H groups in total. The highest BCUT2D eigenvalue weighted by molar-refractivity contribution is 9.10. The number of nitrogens with one attached hydrogen (secondary N) is 2. The van der Waals surface area contributed by atoms with Gasteiger partial charge in [0.05, 0.1) is 33.6 Å². The number of hydrogen-bond donors (Lipinski definition) is 2. The third-order valence-electron chi connectivity index (χ3n) is 4.82. The molecule has 0 saturated carbocycles. The number of anilines is 1. The van der Waals surface area contributed by atoms with Crippen LogP contribution in [0.15, 0.2) is 52.1 Å². The van der Waals surface area contributed by atoms with Gasteiger partial charge in [0.15, 0.2) is 11.0 Å². The molecule has 0 radical (unpaired) electrons. The number of halogens is 5. The highest BCUT2D eigenvalue weighted by Gasteiger charge is 2.31. The average molecular weight is 591 g/mol. The van der Waals surface area contributed by atoms with Gasteiger partial charge in [0.2, 0.25) is 5.91 Å². The molecule has 7 nitrogen and oxygen atoms in total. The molecule has 0 aliphatic heterocycles. The van der Waals surface area contributed by atoms with Gasteiger partial charge in [-0.15, -0.1) is 10.2 Å². The van der Waals surface area contributed by atoms with Gasteiger partial charge >= 0.3 is 6.18 Å². The highest BCUT2D eigenvalue weighted by Crippen LogP contribution is 2.34. The van der Waals surface area contributed by atoms with E-state index in [2.05, 4.69) is 36.8 Å². The predicted octanol–water partition coefficient (Wildman–Crippen LogP) is 5.95. The molecule has 1 aromatic heterocycles. The minimum atomic E-state index is -4.56. The van der Waals surface area contributed by atoms with Crippen molar-refractivity contribution in [3.63, 3.8) is 0 Å². The molecule has 0 unspecified atom stereocenters. The smallest absolute Gasteiger partial charge is 0.342 e. The minimum Gasteiger partial charge on any atom is -0.342 e. The predicted molar refractivity (Wildman–Crippen MR) is 132 cm³/mol. The Morgan fingerprint density at radius 2 is 1.91 bits per heavy atom. The van der Waals surface area contributed by atoms with Crippen molar-refractivity contribution < 1.29 is 22.8 Å². The van der Waals surface area contributed by atoms with Crippen molar-refractivity contribution in [3.8, 4) is 0 Å². The van der Waals surface area contributed by atoms with Gasteiger partial charge in [-0.3, -0.25) is 9.59 Å². The Kier molecular flexibility index (Phi) is 8.84. The Labute approximate surface area is 217 Å². The van der Waals surface area contributed by atoms with Crippen LogP contribution in [0.1, 0.15) is 41.6 Å². The summed E-state index contributed by atoms with van der Waals surface area (Å²) in [5, 5.41) is 14.0. The largest absolute Gasteiger partial charge is 0.416 e. The number of carbonyl (C=O) groups excluding carboxylic acids is 2. The number of benzene rings is 2. The lowest BCUT2D eigenvalue weighted by atomic mass is 10.2. The number of amides is 2. The molecule has 13 heteroatoms. The SMILES string of the molecule is CCn1c(SCC(=O)Nc2cc(C(F)(F)F)ccc2Cl)nnc1[C@H](C)NC(=O)c1ccccc1Br. The molecule has 0 saturated heterocycles. The molecular weight excluding hydrogens is 571 g/mol. The van der Waals surface area contributed by atoms with Crippen molar-refractivity contribution in [1.29, 1.82) is 0 Å². The standard InChI is InChI=1S/C22H20BrClF3N5O2S/c1-3-32-19(12(2)28-20(34)14-6-4-5-7-15(14)23)30-31-21(32)35-11-18(33)29-17-10-13(22(25,26)27)8-9-16(17)24/h4-10,12H,3,11H2,1-2H3,(H,28,34)(H,29,33)/t12-/m0/s1. The molecule has 0 aliphatic carbocycles. The summed E-state index contributed by atoms with van der Waals surface area (Å²) in [5.41, 5.74) is -0.576. The normalized spacial score (nSPS) is 12.3. The number of hydrogen-bond acceptors (Lipinski definition) is 5. The zero-order valence-corrected chi connectivity index (χ0v) is 21.6. The second kappa shape index (κ2) is 11.4. The van der Waals surface area contributed by atoms with E-state index in [-0.39, 0.29) is 22.4 Å². The summed E-state index contributed by atoms with van der Waals surface area (Å²) in [4.78, 5) is 25.0. The number of carbonyl (C=O) groups is 2. The van der Waals surface area contributed by atoms with Crippen LogP contribution in [0.5, 0.6) is 0 Å². The fraction of sp³-hybridized carbons (Fsp3) is 0.273. The van der Waals surface area contributed by atoms with Crippen molar-refractivity contribution in [2.45, 2.75) is 37.8 Å². The van der Waals surface area contributed by atoms with Crippen LogP contribution >= 0.6 is 39.3 Å². The third kappa shape index (κ3) is 6.77. The molecule has 0 spiro atoms. The van der Waals surface area contributed by atoms with E-state index in [1.807, 2.05) is 6.92 Å². The molecule has 1 atom stereocenters. The van der Waals surface area contributed by atoms with Gasteiger partial charge in [-0.2, -0.15) is 13.2 Å². The van der Waals surface area contributed by atoms with Gasteiger partial charge in [-0.05, 0) is 60.1 Å². The number of nitrogens with zero attached hydrogens (tertiary/aromatic N) is 3. The first-order valence-corrected chi connectivity index (χ1v) is 12.4. The molecule has 0 bridgehead atoms. The average Bonchev–Trinajstić information content (AvgIpc) is 3.21. The molecule has 0 aliphatic rings. The van der Waals surface area contributed by atoms with Crippen molar-refractivity contribution >= 4 is 56.8 Å². The van der Waals surface area contributed by atoms with E-state index >= 15 is 0 Å². The molecule has 0 fully saturated rings. The lowest BCUT2D eigenvalue weighted by Crippen LogP contribution is -2.29. The minimum absolute atomic E-state index is 0.00928. The molecule has 186 valence electrons. The van der Waals surface area contributed by atoms with Crippen LogP contribution in [-0.2, 0) is 17.5 Å². The maximum atomic E-state index is 12.9. The van der Waals surface area contributed by atoms with E-state index < -0.39 is 23.7 Å². The van der Waals surface area contributed by atoms with Crippen LogP contribution in [0.3, 0.4) is 0 Å². The maximum absolute atomic E-state index is 12.9. The van der Waals surface area contributed by atoms with Crippen molar-refractivity contribution in [2.24, 2.45) is 0 Å². The molecule has 3 aromatic rings. The van der Waals surface area contributed by atoms with Gasteiger partial charge in [0.1, 0.15) is 0 Å². The molecule has 1 heterocycles. The van der Waals surface area contributed by atoms with E-state index in [4.69, 9.17) is 11.6 Å². The summed E-state index contributed by atoms with van der Waals surface area (Å²) in [6, 6.07) is 9.24. The van der Waals surface area contributed by atoms with Gasteiger partial charge < -0.3 is 15.2 Å². The van der Waals surface area contributed by atoms with Gasteiger partial charge in [-0.1, -0.05) is 35.5 Å². The number of alkyl halides is 3. The number of aromatic nitrogens is 3. The van der Waals surface area contributed by atoms with Gasteiger partial charge in [0.25, 0.3) is 5.91 Å². The lowest BCUT2D eigenvalue weighted by Gasteiger charge is -2.15. The van der Waals surface area contributed by atoms with Crippen molar-refractivity contribution in [2.75, 3.05) is 11.1 Å². The van der Waals surface area contributed by atoms with Crippen LogP contribution in [0, 0.1) is 0 Å². The quantitative estimate of drug-likeness (QED) is 0.316. The summed E-state index contributed by atoms with van der Waals surface area (Å²) >= 11 is 10.4. The van der Waals surface area contributed by atoms with E-state index in [1.54, 1.807) is 35.8 Å². The Morgan fingerprint density at radius 3 is 2.57 bits per heavy atom. The second-order valence-corrected chi connectivity index (χ2v) is 9.49.